The number of rotatable bonds is 8. The zero-order valence-electron chi connectivity index (χ0n) is 15.7. The highest BCUT2D eigenvalue weighted by Gasteiger charge is 2.28. The van der Waals surface area contributed by atoms with E-state index in [4.69, 9.17) is 4.74 Å². The molecule has 28 heavy (non-hydrogen) atoms. The first-order valence-corrected chi connectivity index (χ1v) is 9.69. The fraction of sp³-hybridized carbons (Fsp3) is 0.421. The SMILES string of the molecule is CCNC(=NCc1cccc(OCC(F)(F)F)c1)NCC(C)(O)c1ccsc1. The summed E-state index contributed by atoms with van der Waals surface area (Å²) in [6.07, 6.45) is -4.38. The van der Waals surface area contributed by atoms with Crippen molar-refractivity contribution < 1.29 is 23.0 Å². The summed E-state index contributed by atoms with van der Waals surface area (Å²) in [6.45, 7) is 3.43. The summed E-state index contributed by atoms with van der Waals surface area (Å²) >= 11 is 1.51. The first-order chi connectivity index (χ1) is 13.2. The molecule has 154 valence electrons. The normalized spacial score (nSPS) is 14.4. The molecule has 1 aromatic carbocycles. The van der Waals surface area contributed by atoms with Crippen LogP contribution in [0.5, 0.6) is 5.75 Å². The molecule has 0 aliphatic carbocycles. The predicted molar refractivity (Wildman–Crippen MR) is 105 cm³/mol. The molecule has 1 unspecified atom stereocenters. The molecule has 0 amide bonds. The summed E-state index contributed by atoms with van der Waals surface area (Å²) in [5, 5.41) is 20.6. The van der Waals surface area contributed by atoms with Gasteiger partial charge in [0.15, 0.2) is 12.6 Å². The zero-order chi connectivity index (χ0) is 20.6. The highest BCUT2D eigenvalue weighted by Crippen LogP contribution is 2.22. The van der Waals surface area contributed by atoms with Gasteiger partial charge in [-0.05, 0) is 53.9 Å². The van der Waals surface area contributed by atoms with Crippen LogP contribution in [0.2, 0.25) is 0 Å². The van der Waals surface area contributed by atoms with Crippen LogP contribution in [0.3, 0.4) is 0 Å². The fourth-order valence-corrected chi connectivity index (χ4v) is 3.12. The van der Waals surface area contributed by atoms with Crippen molar-refractivity contribution in [2.75, 3.05) is 19.7 Å². The summed E-state index contributed by atoms with van der Waals surface area (Å²) in [7, 11) is 0. The highest BCUT2D eigenvalue weighted by molar-refractivity contribution is 7.08. The number of hydrogen-bond donors (Lipinski definition) is 3. The van der Waals surface area contributed by atoms with E-state index in [1.54, 1.807) is 19.1 Å². The van der Waals surface area contributed by atoms with Crippen molar-refractivity contribution in [3.63, 3.8) is 0 Å². The molecule has 0 fully saturated rings. The number of aliphatic imine (C=N–C) groups is 1. The smallest absolute Gasteiger partial charge is 0.422 e. The molecule has 0 bridgehead atoms. The van der Waals surface area contributed by atoms with Gasteiger partial charge in [-0.15, -0.1) is 0 Å². The van der Waals surface area contributed by atoms with E-state index in [1.165, 1.54) is 23.5 Å². The standard InChI is InChI=1S/C19H24F3N3O2S/c1-3-23-17(25-12-18(2,26)15-7-8-28-11-15)24-10-14-5-4-6-16(9-14)27-13-19(20,21)22/h4-9,11,26H,3,10,12-13H2,1-2H3,(H2,23,24,25). The Morgan fingerprint density at radius 1 is 1.25 bits per heavy atom. The number of thiophene rings is 1. The molecule has 9 heteroatoms. The number of nitrogens with one attached hydrogen (secondary N) is 2. The average Bonchev–Trinajstić information content (AvgIpc) is 3.18. The van der Waals surface area contributed by atoms with Crippen molar-refractivity contribution in [1.82, 2.24) is 10.6 Å². The van der Waals surface area contributed by atoms with Gasteiger partial charge in [0.25, 0.3) is 0 Å². The molecule has 2 rings (SSSR count). The molecule has 1 heterocycles. The molecule has 0 saturated carbocycles. The van der Waals surface area contributed by atoms with Gasteiger partial charge in [0, 0.05) is 6.54 Å². The van der Waals surface area contributed by atoms with Crippen molar-refractivity contribution in [3.05, 3.63) is 52.2 Å². The van der Waals surface area contributed by atoms with Gasteiger partial charge in [0.1, 0.15) is 11.4 Å². The molecule has 0 spiro atoms. The Labute approximate surface area is 166 Å². The lowest BCUT2D eigenvalue weighted by Gasteiger charge is -2.24. The maximum absolute atomic E-state index is 12.3. The van der Waals surface area contributed by atoms with Crippen molar-refractivity contribution in [1.29, 1.82) is 0 Å². The van der Waals surface area contributed by atoms with Crippen LogP contribution >= 0.6 is 11.3 Å². The molecule has 0 aliphatic rings. The lowest BCUT2D eigenvalue weighted by atomic mass is 9.99. The Balaban J connectivity index is 1.98. The average molecular weight is 415 g/mol. The molecule has 1 atom stereocenters. The number of guanidine groups is 1. The van der Waals surface area contributed by atoms with Crippen molar-refractivity contribution in [3.8, 4) is 5.75 Å². The topological polar surface area (TPSA) is 65.9 Å². The van der Waals surface area contributed by atoms with E-state index in [9.17, 15) is 18.3 Å². The quantitative estimate of drug-likeness (QED) is 0.455. The second-order valence-electron chi connectivity index (χ2n) is 6.39. The van der Waals surface area contributed by atoms with Crippen LogP contribution in [0.15, 0.2) is 46.1 Å². The van der Waals surface area contributed by atoms with Gasteiger partial charge >= 0.3 is 6.18 Å². The minimum Gasteiger partial charge on any atom is -0.484 e. The Morgan fingerprint density at radius 2 is 2.04 bits per heavy atom. The fourth-order valence-electron chi connectivity index (χ4n) is 2.34. The number of benzene rings is 1. The number of aliphatic hydroxyl groups is 1. The lowest BCUT2D eigenvalue weighted by molar-refractivity contribution is -0.153. The first-order valence-electron chi connectivity index (χ1n) is 8.75. The van der Waals surface area contributed by atoms with E-state index in [0.29, 0.717) is 18.1 Å². The van der Waals surface area contributed by atoms with Gasteiger partial charge in [-0.1, -0.05) is 12.1 Å². The molecule has 3 N–H and O–H groups in total. The van der Waals surface area contributed by atoms with Crippen LogP contribution < -0.4 is 15.4 Å². The van der Waals surface area contributed by atoms with E-state index in [1.807, 2.05) is 23.8 Å². The summed E-state index contributed by atoms with van der Waals surface area (Å²) in [4.78, 5) is 4.43. The predicted octanol–water partition coefficient (Wildman–Crippen LogP) is 3.65. The molecule has 2 aromatic rings. The third kappa shape index (κ3) is 7.40. The third-order valence-corrected chi connectivity index (χ3v) is 4.49. The second-order valence-corrected chi connectivity index (χ2v) is 7.17. The molecule has 5 nitrogen and oxygen atoms in total. The molecular weight excluding hydrogens is 391 g/mol. The van der Waals surface area contributed by atoms with E-state index in [-0.39, 0.29) is 18.8 Å². The van der Waals surface area contributed by atoms with Gasteiger partial charge in [-0.3, -0.25) is 0 Å². The third-order valence-electron chi connectivity index (χ3n) is 3.81. The van der Waals surface area contributed by atoms with Gasteiger partial charge in [0.05, 0.1) is 13.1 Å². The molecule has 1 aromatic heterocycles. The number of hydrogen-bond acceptors (Lipinski definition) is 4. The van der Waals surface area contributed by atoms with Gasteiger partial charge in [-0.2, -0.15) is 24.5 Å². The summed E-state index contributed by atoms with van der Waals surface area (Å²) < 4.78 is 41.6. The molecule has 0 radical (unpaired) electrons. The molecular formula is C19H24F3N3O2S. The Morgan fingerprint density at radius 3 is 2.68 bits per heavy atom. The van der Waals surface area contributed by atoms with Crippen LogP contribution in [0.1, 0.15) is 25.0 Å². The van der Waals surface area contributed by atoms with Crippen LogP contribution in [-0.2, 0) is 12.1 Å². The maximum Gasteiger partial charge on any atom is 0.422 e. The largest absolute Gasteiger partial charge is 0.484 e. The summed E-state index contributed by atoms with van der Waals surface area (Å²) in [5.74, 6) is 0.642. The van der Waals surface area contributed by atoms with Crippen LogP contribution in [0, 0.1) is 0 Å². The van der Waals surface area contributed by atoms with Crippen molar-refractivity contribution in [2.45, 2.75) is 32.2 Å². The van der Waals surface area contributed by atoms with Crippen molar-refractivity contribution in [2.24, 2.45) is 4.99 Å². The summed E-state index contributed by atoms with van der Waals surface area (Å²) in [5.41, 5.74) is 0.471. The van der Waals surface area contributed by atoms with Crippen LogP contribution in [-0.4, -0.2) is 36.9 Å². The van der Waals surface area contributed by atoms with Crippen LogP contribution in [0.25, 0.3) is 0 Å². The number of alkyl halides is 3. The Bertz CT molecular complexity index is 762. The number of ether oxygens (including phenoxy) is 1. The number of halogens is 3. The number of nitrogens with zero attached hydrogens (tertiary/aromatic N) is 1. The summed E-state index contributed by atoms with van der Waals surface area (Å²) in [6, 6.07) is 8.25. The van der Waals surface area contributed by atoms with Crippen molar-refractivity contribution >= 4 is 17.3 Å². The van der Waals surface area contributed by atoms with E-state index in [0.717, 1.165) is 5.56 Å². The van der Waals surface area contributed by atoms with Gasteiger partial charge < -0.3 is 20.5 Å². The lowest BCUT2D eigenvalue weighted by Crippen LogP contribution is -2.44. The monoisotopic (exact) mass is 415 g/mol. The minimum absolute atomic E-state index is 0.142. The van der Waals surface area contributed by atoms with E-state index >= 15 is 0 Å². The van der Waals surface area contributed by atoms with Gasteiger partial charge in [-0.25, -0.2) is 4.99 Å². The molecule has 0 aliphatic heterocycles. The molecule has 0 saturated heterocycles. The highest BCUT2D eigenvalue weighted by atomic mass is 32.1. The Kier molecular flexibility index (Phi) is 7.70. The van der Waals surface area contributed by atoms with Crippen LogP contribution in [0.4, 0.5) is 13.2 Å². The Hall–Kier alpha value is -2.26. The second kappa shape index (κ2) is 9.79. The van der Waals surface area contributed by atoms with Gasteiger partial charge in [0.2, 0.25) is 0 Å². The zero-order valence-corrected chi connectivity index (χ0v) is 16.5. The maximum atomic E-state index is 12.3. The minimum atomic E-state index is -4.38. The van der Waals surface area contributed by atoms with E-state index in [2.05, 4.69) is 15.6 Å². The first kappa shape index (κ1) is 22.0. The van der Waals surface area contributed by atoms with E-state index < -0.39 is 18.4 Å².